The highest BCUT2D eigenvalue weighted by molar-refractivity contribution is 5.55. The smallest absolute Gasteiger partial charge is 0.148 e. The first-order valence-corrected chi connectivity index (χ1v) is 8.57. The van der Waals surface area contributed by atoms with Crippen LogP contribution in [0.15, 0.2) is 30.5 Å². The minimum absolute atomic E-state index is 0.219. The Morgan fingerprint density at radius 3 is 2.43 bits per heavy atom. The molecule has 122 valence electrons. The van der Waals surface area contributed by atoms with Crippen LogP contribution in [-0.4, -0.2) is 28.9 Å². The van der Waals surface area contributed by atoms with Crippen molar-refractivity contribution in [2.24, 2.45) is 5.73 Å². The van der Waals surface area contributed by atoms with Crippen LogP contribution in [0.25, 0.3) is 5.69 Å². The van der Waals surface area contributed by atoms with E-state index in [4.69, 9.17) is 5.73 Å². The molecule has 4 nitrogen and oxygen atoms in total. The number of halogens is 1. The lowest BCUT2D eigenvalue weighted by Crippen LogP contribution is -2.40. The third-order valence-corrected chi connectivity index (χ3v) is 5.24. The predicted molar refractivity (Wildman–Crippen MR) is 89.5 cm³/mol. The first-order valence-electron chi connectivity index (χ1n) is 8.57. The lowest BCUT2D eigenvalue weighted by atomic mass is 9.82. The zero-order valence-electron chi connectivity index (χ0n) is 13.3. The third-order valence-electron chi connectivity index (χ3n) is 5.24. The molecule has 2 aromatic rings. The molecular formula is C18H23FN4. The molecule has 1 saturated carbocycles. The summed E-state index contributed by atoms with van der Waals surface area (Å²) >= 11 is 0. The quantitative estimate of drug-likeness (QED) is 0.946. The van der Waals surface area contributed by atoms with Gasteiger partial charge in [-0.15, -0.1) is 0 Å². The monoisotopic (exact) mass is 314 g/mol. The van der Waals surface area contributed by atoms with E-state index in [9.17, 15) is 4.39 Å². The third kappa shape index (κ3) is 2.63. The Morgan fingerprint density at radius 2 is 1.78 bits per heavy atom. The topological polar surface area (TPSA) is 47.1 Å². The molecule has 1 saturated heterocycles. The molecule has 2 fully saturated rings. The van der Waals surface area contributed by atoms with Crippen molar-refractivity contribution in [1.82, 2.24) is 9.78 Å². The van der Waals surface area contributed by atoms with Crippen LogP contribution in [0, 0.1) is 5.82 Å². The highest BCUT2D eigenvalue weighted by Gasteiger charge is 2.30. The molecule has 0 bridgehead atoms. The van der Waals surface area contributed by atoms with Gasteiger partial charge in [0.2, 0.25) is 0 Å². The van der Waals surface area contributed by atoms with E-state index < -0.39 is 0 Å². The van der Waals surface area contributed by atoms with Gasteiger partial charge in [-0.05, 0) is 37.8 Å². The van der Waals surface area contributed by atoms with Gasteiger partial charge >= 0.3 is 0 Å². The van der Waals surface area contributed by atoms with E-state index >= 15 is 0 Å². The number of piperidine rings is 1. The van der Waals surface area contributed by atoms with Crippen molar-refractivity contribution in [3.63, 3.8) is 0 Å². The largest absolute Gasteiger partial charge is 0.369 e. The van der Waals surface area contributed by atoms with Gasteiger partial charge in [-0.3, -0.25) is 0 Å². The lowest BCUT2D eigenvalue weighted by molar-refractivity contribution is 0.400. The van der Waals surface area contributed by atoms with Crippen molar-refractivity contribution in [1.29, 1.82) is 0 Å². The van der Waals surface area contributed by atoms with Crippen molar-refractivity contribution in [2.45, 2.75) is 44.1 Å². The maximum absolute atomic E-state index is 14.3. The number of rotatable bonds is 3. The van der Waals surface area contributed by atoms with Gasteiger partial charge in [0.25, 0.3) is 0 Å². The lowest BCUT2D eigenvalue weighted by Gasteiger charge is -2.35. The number of nitrogens with two attached hydrogens (primary N) is 1. The maximum atomic E-state index is 14.3. The number of para-hydroxylation sites is 1. The standard InChI is InChI=1S/C18H23FN4/c19-15-6-1-2-7-16(15)23-18(13-4-3-5-13)17(12-21-23)22-10-8-14(20)9-11-22/h1-2,6-7,12-14H,3-5,8-11,20H2. The summed E-state index contributed by atoms with van der Waals surface area (Å²) in [7, 11) is 0. The Hall–Kier alpha value is -1.88. The van der Waals surface area contributed by atoms with Crippen molar-refractivity contribution < 1.29 is 4.39 Å². The highest BCUT2D eigenvalue weighted by Crippen LogP contribution is 2.42. The molecular weight excluding hydrogens is 291 g/mol. The van der Waals surface area contributed by atoms with Crippen LogP contribution in [0.5, 0.6) is 0 Å². The first-order chi connectivity index (χ1) is 11.2. The van der Waals surface area contributed by atoms with Crippen molar-refractivity contribution in [2.75, 3.05) is 18.0 Å². The molecule has 4 rings (SSSR count). The van der Waals surface area contributed by atoms with Gasteiger partial charge in [0, 0.05) is 25.0 Å². The van der Waals surface area contributed by atoms with Gasteiger partial charge in [-0.1, -0.05) is 18.6 Å². The Labute approximate surface area is 136 Å². The molecule has 2 N–H and O–H groups in total. The fourth-order valence-corrected chi connectivity index (χ4v) is 3.61. The summed E-state index contributed by atoms with van der Waals surface area (Å²) in [6, 6.07) is 7.20. The van der Waals surface area contributed by atoms with Crippen LogP contribution in [0.3, 0.4) is 0 Å². The summed E-state index contributed by atoms with van der Waals surface area (Å²) in [5, 5.41) is 4.55. The van der Waals surface area contributed by atoms with Crippen LogP contribution >= 0.6 is 0 Å². The Bertz CT molecular complexity index is 684. The van der Waals surface area contributed by atoms with Gasteiger partial charge in [0.1, 0.15) is 11.5 Å². The molecule has 0 spiro atoms. The fourth-order valence-electron chi connectivity index (χ4n) is 3.61. The van der Waals surface area contributed by atoms with E-state index in [-0.39, 0.29) is 5.82 Å². The molecule has 2 aliphatic rings. The summed E-state index contributed by atoms with van der Waals surface area (Å²) in [6.07, 6.45) is 7.51. The summed E-state index contributed by atoms with van der Waals surface area (Å²) in [4.78, 5) is 2.38. The second-order valence-electron chi connectivity index (χ2n) is 6.73. The number of benzene rings is 1. The number of aromatic nitrogens is 2. The van der Waals surface area contributed by atoms with E-state index in [1.54, 1.807) is 12.1 Å². The van der Waals surface area contributed by atoms with Gasteiger partial charge in [0.05, 0.1) is 17.6 Å². The maximum Gasteiger partial charge on any atom is 0.148 e. The summed E-state index contributed by atoms with van der Waals surface area (Å²) < 4.78 is 16.1. The zero-order chi connectivity index (χ0) is 15.8. The van der Waals surface area contributed by atoms with Gasteiger partial charge in [-0.25, -0.2) is 9.07 Å². The minimum atomic E-state index is -0.219. The number of hydrogen-bond donors (Lipinski definition) is 1. The van der Waals surface area contributed by atoms with Crippen LogP contribution in [-0.2, 0) is 0 Å². The second-order valence-corrected chi connectivity index (χ2v) is 6.73. The number of hydrogen-bond acceptors (Lipinski definition) is 3. The van der Waals surface area contributed by atoms with Crippen LogP contribution in [0.1, 0.15) is 43.7 Å². The van der Waals surface area contributed by atoms with E-state index in [0.717, 1.165) is 25.9 Å². The van der Waals surface area contributed by atoms with Gasteiger partial charge in [-0.2, -0.15) is 5.10 Å². The minimum Gasteiger partial charge on any atom is -0.369 e. The fraction of sp³-hybridized carbons (Fsp3) is 0.500. The van der Waals surface area contributed by atoms with Gasteiger partial charge in [0.15, 0.2) is 0 Å². The van der Waals surface area contributed by atoms with E-state index in [1.165, 1.54) is 36.7 Å². The van der Waals surface area contributed by atoms with Crippen LogP contribution in [0.2, 0.25) is 0 Å². The normalized spacial score (nSPS) is 19.8. The van der Waals surface area contributed by atoms with E-state index in [2.05, 4.69) is 10.00 Å². The SMILES string of the molecule is NC1CCN(c2cnn(-c3ccccc3F)c2C2CCC2)CC1. The molecule has 0 radical (unpaired) electrons. The van der Waals surface area contributed by atoms with Gasteiger partial charge < -0.3 is 10.6 Å². The Balaban J connectivity index is 1.74. The summed E-state index contributed by atoms with van der Waals surface area (Å²) in [6.45, 7) is 1.92. The van der Waals surface area contributed by atoms with E-state index in [0.29, 0.717) is 17.6 Å². The Morgan fingerprint density at radius 1 is 1.04 bits per heavy atom. The number of anilines is 1. The Kier molecular flexibility index (Phi) is 3.81. The summed E-state index contributed by atoms with van der Waals surface area (Å²) in [5.74, 6) is 0.270. The molecule has 1 aliphatic heterocycles. The molecule has 1 aromatic heterocycles. The molecule has 0 atom stereocenters. The highest BCUT2D eigenvalue weighted by atomic mass is 19.1. The molecule has 0 unspecified atom stereocenters. The van der Waals surface area contributed by atoms with Crippen molar-refractivity contribution in [3.05, 3.63) is 42.0 Å². The van der Waals surface area contributed by atoms with Crippen LogP contribution < -0.4 is 10.6 Å². The van der Waals surface area contributed by atoms with Crippen molar-refractivity contribution in [3.8, 4) is 5.69 Å². The molecule has 1 aromatic carbocycles. The zero-order valence-corrected chi connectivity index (χ0v) is 13.3. The predicted octanol–water partition coefficient (Wildman–Crippen LogP) is 3.21. The van der Waals surface area contributed by atoms with E-state index in [1.807, 2.05) is 16.9 Å². The average Bonchev–Trinajstić information content (AvgIpc) is 2.91. The van der Waals surface area contributed by atoms with Crippen LogP contribution in [0.4, 0.5) is 10.1 Å². The number of nitrogens with zero attached hydrogens (tertiary/aromatic N) is 3. The molecule has 23 heavy (non-hydrogen) atoms. The molecule has 0 amide bonds. The molecule has 5 heteroatoms. The van der Waals surface area contributed by atoms with Crippen molar-refractivity contribution >= 4 is 5.69 Å². The summed E-state index contributed by atoms with van der Waals surface area (Å²) in [5.41, 5.74) is 8.93. The molecule has 1 aliphatic carbocycles. The second kappa shape index (κ2) is 5.96. The first kappa shape index (κ1) is 14.7. The molecule has 2 heterocycles. The average molecular weight is 314 g/mol.